The molecule has 1 aromatic heterocycles. The van der Waals surface area contributed by atoms with Crippen LogP contribution < -0.4 is 15.5 Å². The van der Waals surface area contributed by atoms with Gasteiger partial charge in [0.1, 0.15) is 11.6 Å². The number of benzene rings is 1. The molecule has 1 atom stereocenters. The molecule has 0 bridgehead atoms. The highest BCUT2D eigenvalue weighted by Crippen LogP contribution is 2.20. The fraction of sp³-hybridized carbons (Fsp3) is 0.571. The second-order valence-electron chi connectivity index (χ2n) is 7.24. The van der Waals surface area contributed by atoms with E-state index < -0.39 is 0 Å². The van der Waals surface area contributed by atoms with Gasteiger partial charge in [0, 0.05) is 45.6 Å². The minimum absolute atomic E-state index is 0.186. The Morgan fingerprint density at radius 2 is 2.10 bits per heavy atom. The van der Waals surface area contributed by atoms with Crippen molar-refractivity contribution in [2.45, 2.75) is 59.2 Å². The van der Waals surface area contributed by atoms with E-state index in [1.807, 2.05) is 35.6 Å². The van der Waals surface area contributed by atoms with Crippen LogP contribution in [-0.4, -0.2) is 46.9 Å². The van der Waals surface area contributed by atoms with E-state index in [9.17, 15) is 4.39 Å². The summed E-state index contributed by atoms with van der Waals surface area (Å²) >= 11 is 0. The van der Waals surface area contributed by atoms with Crippen LogP contribution in [-0.2, 0) is 25.9 Å². The highest BCUT2D eigenvalue weighted by molar-refractivity contribution is 5.80. The molecule has 158 valence electrons. The lowest BCUT2D eigenvalue weighted by molar-refractivity contribution is 0.392. The Morgan fingerprint density at radius 3 is 2.76 bits per heavy atom. The van der Waals surface area contributed by atoms with Gasteiger partial charge in [-0.25, -0.2) is 14.1 Å². The molecule has 1 aromatic carbocycles. The number of guanidine groups is 1. The van der Waals surface area contributed by atoms with Crippen molar-refractivity contribution in [3.8, 4) is 0 Å². The normalized spacial score (nSPS) is 16.4. The predicted molar refractivity (Wildman–Crippen MR) is 115 cm³/mol. The topological polar surface area (TPSA) is 70.4 Å². The van der Waals surface area contributed by atoms with Crippen LogP contribution in [0.25, 0.3) is 0 Å². The van der Waals surface area contributed by atoms with Crippen molar-refractivity contribution in [2.24, 2.45) is 4.99 Å². The number of nitrogens with one attached hydrogen (secondary N) is 2. The fourth-order valence-corrected chi connectivity index (χ4v) is 3.68. The number of nitrogens with zero attached hydrogens (tertiary/aromatic N) is 5. The maximum atomic E-state index is 14.5. The van der Waals surface area contributed by atoms with Crippen molar-refractivity contribution in [1.29, 1.82) is 0 Å². The molecule has 0 spiro atoms. The molecular weight excluding hydrogens is 369 g/mol. The van der Waals surface area contributed by atoms with Gasteiger partial charge in [-0.05, 0) is 38.0 Å². The Kier molecular flexibility index (Phi) is 7.06. The number of hydrogen-bond donors (Lipinski definition) is 2. The third-order valence-electron chi connectivity index (χ3n) is 5.36. The van der Waals surface area contributed by atoms with Crippen LogP contribution in [0.15, 0.2) is 23.2 Å². The van der Waals surface area contributed by atoms with Crippen LogP contribution >= 0.6 is 0 Å². The maximum absolute atomic E-state index is 14.5. The van der Waals surface area contributed by atoms with Crippen molar-refractivity contribution in [3.05, 3.63) is 41.2 Å². The predicted octanol–water partition coefficient (Wildman–Crippen LogP) is 2.51. The molecule has 2 aromatic rings. The first kappa shape index (κ1) is 21.1. The van der Waals surface area contributed by atoms with Gasteiger partial charge in [-0.1, -0.05) is 13.0 Å². The number of anilines is 1. The molecule has 1 unspecified atom stereocenters. The van der Waals surface area contributed by atoms with Gasteiger partial charge in [-0.15, -0.1) is 0 Å². The fourth-order valence-electron chi connectivity index (χ4n) is 3.68. The summed E-state index contributed by atoms with van der Waals surface area (Å²) in [4.78, 5) is 10.9. The van der Waals surface area contributed by atoms with E-state index in [4.69, 9.17) is 0 Å². The molecule has 1 aliphatic rings. The van der Waals surface area contributed by atoms with Crippen LogP contribution in [0.4, 0.5) is 10.1 Å². The lowest BCUT2D eigenvalue weighted by Gasteiger charge is -2.25. The third kappa shape index (κ3) is 5.05. The Hall–Kier alpha value is -2.64. The number of aryl methyl sites for hydroxylation is 2. The molecule has 0 saturated carbocycles. The number of fused-ring (bicyclic) bond motifs is 1. The third-order valence-corrected chi connectivity index (χ3v) is 5.36. The van der Waals surface area contributed by atoms with Gasteiger partial charge in [0.2, 0.25) is 0 Å². The Bertz CT molecular complexity index is 842. The highest BCUT2D eigenvalue weighted by Gasteiger charge is 2.22. The van der Waals surface area contributed by atoms with E-state index in [0.717, 1.165) is 56.1 Å². The zero-order valence-electron chi connectivity index (χ0n) is 17.9. The van der Waals surface area contributed by atoms with Crippen LogP contribution in [0.3, 0.4) is 0 Å². The van der Waals surface area contributed by atoms with Gasteiger partial charge in [-0.2, -0.15) is 5.10 Å². The molecule has 0 amide bonds. The number of aromatic nitrogens is 3. The van der Waals surface area contributed by atoms with E-state index in [-0.39, 0.29) is 11.9 Å². The van der Waals surface area contributed by atoms with Crippen molar-refractivity contribution in [3.63, 3.8) is 0 Å². The number of aliphatic imine (C=N–C) groups is 1. The quantitative estimate of drug-likeness (QED) is 0.551. The van der Waals surface area contributed by atoms with Gasteiger partial charge < -0.3 is 15.5 Å². The van der Waals surface area contributed by atoms with Crippen molar-refractivity contribution in [2.75, 3.05) is 25.0 Å². The summed E-state index contributed by atoms with van der Waals surface area (Å²) in [5.41, 5.74) is 1.54. The zero-order chi connectivity index (χ0) is 20.8. The van der Waals surface area contributed by atoms with Crippen LogP contribution in [0.1, 0.15) is 44.4 Å². The SMILES string of the molecule is CCc1nc2n(n1)CC(NC(=NC)NCc1ccc(N(CC)CC)c(F)c1)CC2. The molecule has 2 heterocycles. The van der Waals surface area contributed by atoms with Crippen LogP contribution in [0, 0.1) is 5.82 Å². The first-order valence-corrected chi connectivity index (χ1v) is 10.5. The van der Waals surface area contributed by atoms with Crippen molar-refractivity contribution in [1.82, 2.24) is 25.4 Å². The largest absolute Gasteiger partial charge is 0.370 e. The summed E-state index contributed by atoms with van der Waals surface area (Å²) in [6.07, 6.45) is 2.74. The summed E-state index contributed by atoms with van der Waals surface area (Å²) in [7, 11) is 1.75. The average Bonchev–Trinajstić information content (AvgIpc) is 3.15. The number of hydrogen-bond acceptors (Lipinski definition) is 4. The summed E-state index contributed by atoms with van der Waals surface area (Å²) in [6, 6.07) is 5.66. The van der Waals surface area contributed by atoms with Gasteiger partial charge in [0.05, 0.1) is 12.2 Å². The second kappa shape index (κ2) is 9.71. The minimum Gasteiger partial charge on any atom is -0.370 e. The standard InChI is InChI=1S/C21H32FN7/c1-5-19-26-20-11-9-16(14-29(20)27-19)25-21(23-4)24-13-15-8-10-18(17(22)12-15)28(6-2)7-3/h8,10,12,16H,5-7,9,11,13-14H2,1-4H3,(H2,23,24,25). The maximum Gasteiger partial charge on any atom is 0.191 e. The lowest BCUT2D eigenvalue weighted by Crippen LogP contribution is -2.46. The van der Waals surface area contributed by atoms with E-state index >= 15 is 0 Å². The summed E-state index contributed by atoms with van der Waals surface area (Å²) in [5, 5.41) is 11.3. The van der Waals surface area contributed by atoms with Crippen LogP contribution in [0.5, 0.6) is 0 Å². The van der Waals surface area contributed by atoms with Gasteiger partial charge >= 0.3 is 0 Å². The second-order valence-corrected chi connectivity index (χ2v) is 7.24. The van der Waals surface area contributed by atoms with Gasteiger partial charge in [0.15, 0.2) is 11.8 Å². The van der Waals surface area contributed by atoms with E-state index in [1.165, 1.54) is 0 Å². The van der Waals surface area contributed by atoms with Crippen LogP contribution in [0.2, 0.25) is 0 Å². The van der Waals surface area contributed by atoms with Gasteiger partial charge in [-0.3, -0.25) is 4.99 Å². The minimum atomic E-state index is -0.186. The number of rotatable bonds is 7. The first-order chi connectivity index (χ1) is 14.1. The smallest absolute Gasteiger partial charge is 0.191 e. The van der Waals surface area contributed by atoms with Gasteiger partial charge in [0.25, 0.3) is 0 Å². The number of halogens is 1. The highest BCUT2D eigenvalue weighted by atomic mass is 19.1. The monoisotopic (exact) mass is 401 g/mol. The Balaban J connectivity index is 1.56. The Labute approximate surface area is 172 Å². The molecule has 3 rings (SSSR count). The summed E-state index contributed by atoms with van der Waals surface area (Å²) in [6.45, 7) is 8.99. The molecule has 0 radical (unpaired) electrons. The molecule has 0 saturated heterocycles. The Morgan fingerprint density at radius 1 is 1.31 bits per heavy atom. The molecule has 7 nitrogen and oxygen atoms in total. The van der Waals surface area contributed by atoms with Crippen molar-refractivity contribution >= 4 is 11.6 Å². The summed E-state index contributed by atoms with van der Waals surface area (Å²) < 4.78 is 16.5. The molecule has 0 aliphatic carbocycles. The van der Waals surface area contributed by atoms with E-state index in [2.05, 4.69) is 32.6 Å². The molecule has 1 aliphatic heterocycles. The first-order valence-electron chi connectivity index (χ1n) is 10.5. The van der Waals surface area contributed by atoms with E-state index in [0.29, 0.717) is 18.2 Å². The molecule has 0 fully saturated rings. The molecule has 29 heavy (non-hydrogen) atoms. The molecule has 8 heteroatoms. The average molecular weight is 402 g/mol. The molecule has 2 N–H and O–H groups in total. The van der Waals surface area contributed by atoms with Crippen molar-refractivity contribution < 1.29 is 4.39 Å². The van der Waals surface area contributed by atoms with E-state index in [1.54, 1.807) is 13.1 Å². The zero-order valence-corrected chi connectivity index (χ0v) is 17.9. The molecular formula is C21H32FN7. The summed E-state index contributed by atoms with van der Waals surface area (Å²) in [5.74, 6) is 2.49. The lowest BCUT2D eigenvalue weighted by atomic mass is 10.1.